The number of rotatable bonds is 6. The fourth-order valence-electron chi connectivity index (χ4n) is 1.63. The van der Waals surface area contributed by atoms with Gasteiger partial charge >= 0.3 is 12.0 Å². The van der Waals surface area contributed by atoms with Crippen LogP contribution in [-0.4, -0.2) is 28.1 Å². The van der Waals surface area contributed by atoms with Crippen LogP contribution in [0, 0.1) is 0 Å². The minimum atomic E-state index is -1.02. The number of aliphatic carboxylic acids is 1. The summed E-state index contributed by atoms with van der Waals surface area (Å²) in [6.07, 6.45) is 2.06. The zero-order valence-corrected chi connectivity index (χ0v) is 13.7. The van der Waals surface area contributed by atoms with E-state index in [1.807, 2.05) is 33.1 Å². The second-order valence-electron chi connectivity index (χ2n) is 5.92. The van der Waals surface area contributed by atoms with E-state index in [2.05, 4.69) is 15.6 Å². The number of carboxylic acid groups (broad SMARTS) is 1. The minimum absolute atomic E-state index is 0.0857. The number of hydrogen-bond acceptors (Lipinski definition) is 4. The van der Waals surface area contributed by atoms with Crippen molar-refractivity contribution in [1.82, 2.24) is 10.3 Å². The third-order valence-electron chi connectivity index (χ3n) is 2.94. The Kier molecular flexibility index (Phi) is 6.14. The molecule has 1 atom stereocenters. The predicted octanol–water partition coefficient (Wildman–Crippen LogP) is 3.21. The number of amides is 2. The van der Waals surface area contributed by atoms with Crippen molar-refractivity contribution in [2.24, 2.45) is 0 Å². The summed E-state index contributed by atoms with van der Waals surface area (Å²) < 4.78 is 0. The van der Waals surface area contributed by atoms with Crippen molar-refractivity contribution < 1.29 is 14.7 Å². The third kappa shape index (κ3) is 5.71. The van der Waals surface area contributed by atoms with Crippen LogP contribution in [0.4, 0.5) is 9.93 Å². The number of nitrogens with one attached hydrogen (secondary N) is 2. The molecule has 1 rings (SSSR count). The van der Waals surface area contributed by atoms with E-state index in [9.17, 15) is 9.59 Å². The normalized spacial score (nSPS) is 12.8. The Labute approximate surface area is 129 Å². The lowest BCUT2D eigenvalue weighted by Crippen LogP contribution is -2.42. The topological polar surface area (TPSA) is 91.3 Å². The maximum absolute atomic E-state index is 11.8. The van der Waals surface area contributed by atoms with Gasteiger partial charge < -0.3 is 10.4 Å². The Bertz CT molecular complexity index is 494. The van der Waals surface area contributed by atoms with Gasteiger partial charge in [0.05, 0.1) is 5.69 Å². The average Bonchev–Trinajstić information content (AvgIpc) is 2.82. The van der Waals surface area contributed by atoms with Gasteiger partial charge in [0.15, 0.2) is 5.13 Å². The molecular weight excluding hydrogens is 290 g/mol. The number of carbonyl (C=O) groups is 2. The first-order chi connectivity index (χ1) is 9.74. The van der Waals surface area contributed by atoms with Crippen molar-refractivity contribution in [2.45, 2.75) is 58.4 Å². The number of urea groups is 1. The minimum Gasteiger partial charge on any atom is -0.480 e. The van der Waals surface area contributed by atoms with Gasteiger partial charge in [-0.15, -0.1) is 11.3 Å². The summed E-state index contributed by atoms with van der Waals surface area (Å²) in [6, 6.07) is -1.40. The molecule has 0 bridgehead atoms. The Balaban J connectivity index is 2.60. The Morgan fingerprint density at radius 3 is 2.57 bits per heavy atom. The lowest BCUT2D eigenvalue weighted by Gasteiger charge is -2.15. The first-order valence-electron chi connectivity index (χ1n) is 7.00. The van der Waals surface area contributed by atoms with Crippen LogP contribution < -0.4 is 10.6 Å². The molecular formula is C14H23N3O3S. The summed E-state index contributed by atoms with van der Waals surface area (Å²) in [5, 5.41) is 16.5. The van der Waals surface area contributed by atoms with Crippen molar-refractivity contribution in [3.05, 3.63) is 11.1 Å². The van der Waals surface area contributed by atoms with Crippen LogP contribution in [-0.2, 0) is 10.2 Å². The number of thiazole rings is 1. The number of nitrogens with zero attached hydrogens (tertiary/aromatic N) is 1. The smallest absolute Gasteiger partial charge is 0.326 e. The van der Waals surface area contributed by atoms with E-state index in [0.29, 0.717) is 11.6 Å². The molecule has 7 heteroatoms. The molecule has 0 aromatic carbocycles. The fourth-order valence-corrected chi connectivity index (χ4v) is 2.56. The van der Waals surface area contributed by atoms with Gasteiger partial charge in [-0.1, -0.05) is 40.5 Å². The molecule has 6 nitrogen and oxygen atoms in total. The maximum Gasteiger partial charge on any atom is 0.326 e. The molecule has 0 aliphatic rings. The van der Waals surface area contributed by atoms with Gasteiger partial charge in [-0.05, 0) is 6.42 Å². The summed E-state index contributed by atoms with van der Waals surface area (Å²) in [7, 11) is 0. The van der Waals surface area contributed by atoms with Crippen LogP contribution >= 0.6 is 11.3 Å². The molecule has 21 heavy (non-hydrogen) atoms. The molecule has 0 spiro atoms. The maximum atomic E-state index is 11.8. The van der Waals surface area contributed by atoms with Crippen LogP contribution in [0.5, 0.6) is 0 Å². The summed E-state index contributed by atoms with van der Waals surface area (Å²) in [5.41, 5.74) is 0.807. The highest BCUT2D eigenvalue weighted by Gasteiger charge is 2.21. The highest BCUT2D eigenvalue weighted by Crippen LogP contribution is 2.26. The van der Waals surface area contributed by atoms with E-state index in [4.69, 9.17) is 5.11 Å². The second-order valence-corrected chi connectivity index (χ2v) is 6.78. The molecule has 0 aliphatic carbocycles. The highest BCUT2D eigenvalue weighted by atomic mass is 32.1. The number of unbranched alkanes of at least 4 members (excludes halogenated alkanes) is 1. The largest absolute Gasteiger partial charge is 0.480 e. The average molecular weight is 313 g/mol. The number of aromatic nitrogens is 1. The molecule has 2 amide bonds. The molecule has 0 aliphatic heterocycles. The van der Waals surface area contributed by atoms with Gasteiger partial charge in [-0.25, -0.2) is 14.6 Å². The number of anilines is 1. The van der Waals surface area contributed by atoms with Gasteiger partial charge in [-0.2, -0.15) is 0 Å². The van der Waals surface area contributed by atoms with E-state index < -0.39 is 18.0 Å². The molecule has 1 heterocycles. The molecule has 3 N–H and O–H groups in total. The zero-order chi connectivity index (χ0) is 16.0. The van der Waals surface area contributed by atoms with E-state index in [1.54, 1.807) is 0 Å². The van der Waals surface area contributed by atoms with Crippen LogP contribution in [0.3, 0.4) is 0 Å². The summed E-state index contributed by atoms with van der Waals surface area (Å²) in [6.45, 7) is 8.09. The molecule has 0 saturated heterocycles. The Hall–Kier alpha value is -1.63. The molecule has 1 aromatic rings. The summed E-state index contributed by atoms with van der Waals surface area (Å²) in [4.78, 5) is 27.2. The number of carbonyl (C=O) groups excluding carboxylic acids is 1. The highest BCUT2D eigenvalue weighted by molar-refractivity contribution is 7.13. The van der Waals surface area contributed by atoms with Crippen molar-refractivity contribution >= 4 is 28.5 Å². The lowest BCUT2D eigenvalue weighted by atomic mass is 9.93. The third-order valence-corrected chi connectivity index (χ3v) is 3.70. The summed E-state index contributed by atoms with van der Waals surface area (Å²) >= 11 is 1.33. The van der Waals surface area contributed by atoms with Crippen molar-refractivity contribution in [3.63, 3.8) is 0 Å². The van der Waals surface area contributed by atoms with Gasteiger partial charge in [0.25, 0.3) is 0 Å². The van der Waals surface area contributed by atoms with E-state index in [0.717, 1.165) is 18.5 Å². The molecule has 0 fully saturated rings. The van der Waals surface area contributed by atoms with E-state index in [1.165, 1.54) is 11.3 Å². The van der Waals surface area contributed by atoms with Gasteiger partial charge in [0, 0.05) is 10.8 Å². The second kappa shape index (κ2) is 7.40. The van der Waals surface area contributed by atoms with E-state index in [-0.39, 0.29) is 5.41 Å². The Morgan fingerprint density at radius 2 is 2.10 bits per heavy atom. The monoisotopic (exact) mass is 313 g/mol. The Morgan fingerprint density at radius 1 is 1.43 bits per heavy atom. The first kappa shape index (κ1) is 17.4. The van der Waals surface area contributed by atoms with E-state index >= 15 is 0 Å². The number of hydrogen-bond donors (Lipinski definition) is 3. The molecule has 1 aromatic heterocycles. The number of carboxylic acids is 1. The molecule has 0 radical (unpaired) electrons. The van der Waals surface area contributed by atoms with Gasteiger partial charge in [0.1, 0.15) is 6.04 Å². The van der Waals surface area contributed by atoms with Crippen molar-refractivity contribution in [2.75, 3.05) is 5.32 Å². The van der Waals surface area contributed by atoms with Crippen molar-refractivity contribution in [3.8, 4) is 0 Å². The van der Waals surface area contributed by atoms with Gasteiger partial charge in [-0.3, -0.25) is 5.32 Å². The van der Waals surface area contributed by atoms with Crippen LogP contribution in [0.25, 0.3) is 0 Å². The molecule has 118 valence electrons. The lowest BCUT2D eigenvalue weighted by molar-refractivity contribution is -0.139. The zero-order valence-electron chi connectivity index (χ0n) is 12.9. The summed E-state index contributed by atoms with van der Waals surface area (Å²) in [5.74, 6) is -1.02. The van der Waals surface area contributed by atoms with Crippen LogP contribution in [0.1, 0.15) is 52.7 Å². The molecule has 0 saturated carbocycles. The first-order valence-corrected chi connectivity index (χ1v) is 7.88. The van der Waals surface area contributed by atoms with Crippen molar-refractivity contribution in [1.29, 1.82) is 0 Å². The predicted molar refractivity (Wildman–Crippen MR) is 83.9 cm³/mol. The fraction of sp³-hybridized carbons (Fsp3) is 0.643. The van der Waals surface area contributed by atoms with Crippen LogP contribution in [0.15, 0.2) is 5.38 Å². The van der Waals surface area contributed by atoms with Gasteiger partial charge in [0.2, 0.25) is 0 Å². The SMILES string of the molecule is CCCC[C@H](NC(=O)Nc1nc(C(C)(C)C)cs1)C(=O)O. The van der Waals surface area contributed by atoms with Crippen LogP contribution in [0.2, 0.25) is 0 Å². The molecule has 0 unspecified atom stereocenters. The standard InChI is InChI=1S/C14H23N3O3S/c1-5-6-7-9(11(18)19)15-12(20)17-13-16-10(8-21-13)14(2,3)4/h8-9H,5-7H2,1-4H3,(H,18,19)(H2,15,16,17,20)/t9-/m0/s1. The quantitative estimate of drug-likeness (QED) is 0.752.